The molecule has 2 rings (SSSR count). The summed E-state index contributed by atoms with van der Waals surface area (Å²) in [6.07, 6.45) is 1.13. The third kappa shape index (κ3) is 4.42. The van der Waals surface area contributed by atoms with E-state index in [0.29, 0.717) is 12.1 Å². The largest absolute Gasteiger partial charge is 0.307 e. The summed E-state index contributed by atoms with van der Waals surface area (Å²) >= 11 is 1.89. The van der Waals surface area contributed by atoms with E-state index in [1.165, 1.54) is 15.3 Å². The maximum absolute atomic E-state index is 3.75. The van der Waals surface area contributed by atoms with Crippen LogP contribution in [0.1, 0.15) is 55.5 Å². The maximum Gasteiger partial charge on any atom is 0.0388 e. The molecule has 2 atom stereocenters. The summed E-state index contributed by atoms with van der Waals surface area (Å²) in [7, 11) is 0. The Bertz CT molecular complexity index is 556. The van der Waals surface area contributed by atoms with Crippen molar-refractivity contribution in [3.63, 3.8) is 0 Å². The van der Waals surface area contributed by atoms with Crippen molar-refractivity contribution in [3.8, 4) is 0 Å². The Morgan fingerprint density at radius 3 is 2.29 bits per heavy atom. The van der Waals surface area contributed by atoms with Gasteiger partial charge >= 0.3 is 0 Å². The van der Waals surface area contributed by atoms with Crippen LogP contribution in [0.3, 0.4) is 0 Å². The van der Waals surface area contributed by atoms with Gasteiger partial charge in [0.05, 0.1) is 0 Å². The highest BCUT2D eigenvalue weighted by Gasteiger charge is 2.24. The van der Waals surface area contributed by atoms with Crippen molar-refractivity contribution in [2.24, 2.45) is 0 Å². The van der Waals surface area contributed by atoms with Crippen LogP contribution >= 0.6 is 11.3 Å². The second kappa shape index (κ2) is 6.76. The van der Waals surface area contributed by atoms with Gasteiger partial charge in [-0.15, -0.1) is 11.3 Å². The van der Waals surface area contributed by atoms with Gasteiger partial charge in [-0.2, -0.15) is 0 Å². The number of aryl methyl sites for hydroxylation is 1. The number of hydrogen-bond acceptors (Lipinski definition) is 2. The Hall–Kier alpha value is -1.12. The third-order valence-corrected chi connectivity index (χ3v) is 5.28. The highest BCUT2D eigenvalue weighted by molar-refractivity contribution is 7.12. The van der Waals surface area contributed by atoms with Gasteiger partial charge < -0.3 is 5.32 Å². The van der Waals surface area contributed by atoms with Gasteiger partial charge in [-0.1, -0.05) is 44.2 Å². The summed E-state index contributed by atoms with van der Waals surface area (Å²) < 4.78 is 0. The van der Waals surface area contributed by atoms with Crippen LogP contribution < -0.4 is 5.32 Å². The van der Waals surface area contributed by atoms with E-state index < -0.39 is 0 Å². The Kier molecular flexibility index (Phi) is 5.23. The highest BCUT2D eigenvalue weighted by atomic mass is 32.1. The summed E-state index contributed by atoms with van der Waals surface area (Å²) in [4.78, 5) is 2.81. The van der Waals surface area contributed by atoms with Gasteiger partial charge in [0, 0.05) is 21.8 Å². The van der Waals surface area contributed by atoms with Crippen molar-refractivity contribution in [3.05, 3.63) is 57.8 Å². The maximum atomic E-state index is 3.75. The SMILES string of the molecule is Cc1ccc(C(C)NC(C)CC(C)(C)c2ccccc2)s1. The van der Waals surface area contributed by atoms with Crippen molar-refractivity contribution in [1.29, 1.82) is 0 Å². The van der Waals surface area contributed by atoms with E-state index in [1.807, 2.05) is 11.3 Å². The van der Waals surface area contributed by atoms with E-state index in [2.05, 4.69) is 82.4 Å². The Morgan fingerprint density at radius 2 is 1.71 bits per heavy atom. The average Bonchev–Trinajstić information content (AvgIpc) is 2.86. The number of thiophene rings is 1. The standard InChI is InChI=1S/C19H27NS/c1-14(20-16(3)18-12-11-15(2)21-18)13-19(4,5)17-9-7-6-8-10-17/h6-12,14,16,20H,13H2,1-5H3. The molecule has 0 bridgehead atoms. The molecule has 1 N–H and O–H groups in total. The molecular weight excluding hydrogens is 274 g/mol. The normalized spacial score (nSPS) is 14.9. The van der Waals surface area contributed by atoms with Gasteiger partial charge in [-0.05, 0) is 50.3 Å². The van der Waals surface area contributed by atoms with Crippen molar-refractivity contribution in [2.75, 3.05) is 0 Å². The molecule has 0 fully saturated rings. The zero-order valence-electron chi connectivity index (χ0n) is 13.8. The topological polar surface area (TPSA) is 12.0 Å². The smallest absolute Gasteiger partial charge is 0.0388 e. The molecule has 0 saturated heterocycles. The molecular formula is C19H27NS. The first kappa shape index (κ1) is 16.3. The molecule has 21 heavy (non-hydrogen) atoms. The van der Waals surface area contributed by atoms with Crippen molar-refractivity contribution in [2.45, 2.75) is 58.5 Å². The van der Waals surface area contributed by atoms with Crippen LogP contribution in [0.4, 0.5) is 0 Å². The van der Waals surface area contributed by atoms with E-state index >= 15 is 0 Å². The third-order valence-electron chi connectivity index (χ3n) is 4.09. The van der Waals surface area contributed by atoms with Gasteiger partial charge in [-0.25, -0.2) is 0 Å². The lowest BCUT2D eigenvalue weighted by Crippen LogP contribution is -2.34. The second-order valence-corrected chi connectivity index (χ2v) is 8.01. The summed E-state index contributed by atoms with van der Waals surface area (Å²) in [5.41, 5.74) is 1.61. The Balaban J connectivity index is 1.96. The number of rotatable bonds is 6. The number of hydrogen-bond donors (Lipinski definition) is 1. The first-order valence-electron chi connectivity index (χ1n) is 7.76. The van der Waals surface area contributed by atoms with E-state index in [0.717, 1.165) is 6.42 Å². The van der Waals surface area contributed by atoms with Crippen LogP contribution in [0.15, 0.2) is 42.5 Å². The molecule has 0 amide bonds. The minimum absolute atomic E-state index is 0.193. The fourth-order valence-corrected chi connectivity index (χ4v) is 3.92. The molecule has 0 spiro atoms. The molecule has 114 valence electrons. The monoisotopic (exact) mass is 301 g/mol. The molecule has 2 heteroatoms. The predicted molar refractivity (Wildman–Crippen MR) is 94.2 cm³/mol. The average molecular weight is 301 g/mol. The molecule has 2 aromatic rings. The molecule has 0 saturated carbocycles. The first-order chi connectivity index (χ1) is 9.88. The highest BCUT2D eigenvalue weighted by Crippen LogP contribution is 2.29. The van der Waals surface area contributed by atoms with E-state index in [9.17, 15) is 0 Å². The van der Waals surface area contributed by atoms with Crippen LogP contribution in [0, 0.1) is 6.92 Å². The Labute approximate surface area is 133 Å². The quantitative estimate of drug-likeness (QED) is 0.746. The van der Waals surface area contributed by atoms with E-state index in [1.54, 1.807) is 0 Å². The van der Waals surface area contributed by atoms with Crippen LogP contribution in [0.5, 0.6) is 0 Å². The fourth-order valence-electron chi connectivity index (χ4n) is 3.03. The van der Waals surface area contributed by atoms with Gasteiger partial charge in [0.25, 0.3) is 0 Å². The minimum atomic E-state index is 0.193. The second-order valence-electron chi connectivity index (χ2n) is 6.69. The van der Waals surface area contributed by atoms with E-state index in [-0.39, 0.29) is 5.41 Å². The molecule has 0 radical (unpaired) electrons. The van der Waals surface area contributed by atoms with E-state index in [4.69, 9.17) is 0 Å². The summed E-state index contributed by atoms with van der Waals surface area (Å²) in [5, 5.41) is 3.75. The van der Waals surface area contributed by atoms with Gasteiger partial charge in [0.2, 0.25) is 0 Å². The zero-order chi connectivity index (χ0) is 15.5. The molecule has 2 unspecified atom stereocenters. The van der Waals surface area contributed by atoms with Gasteiger partial charge in [0.15, 0.2) is 0 Å². The number of nitrogens with one attached hydrogen (secondary N) is 1. The molecule has 1 aromatic heterocycles. The molecule has 0 aliphatic carbocycles. The minimum Gasteiger partial charge on any atom is -0.307 e. The lowest BCUT2D eigenvalue weighted by Gasteiger charge is -2.30. The van der Waals surface area contributed by atoms with Crippen LogP contribution in [0.2, 0.25) is 0 Å². The lowest BCUT2D eigenvalue weighted by atomic mass is 9.79. The van der Waals surface area contributed by atoms with Gasteiger partial charge in [-0.3, -0.25) is 0 Å². The summed E-state index contributed by atoms with van der Waals surface area (Å²) in [6, 6.07) is 16.2. The van der Waals surface area contributed by atoms with Crippen LogP contribution in [-0.2, 0) is 5.41 Å². The van der Waals surface area contributed by atoms with Crippen LogP contribution in [0.25, 0.3) is 0 Å². The lowest BCUT2D eigenvalue weighted by molar-refractivity contribution is 0.367. The van der Waals surface area contributed by atoms with Crippen molar-refractivity contribution < 1.29 is 0 Å². The number of benzene rings is 1. The fraction of sp³-hybridized carbons (Fsp3) is 0.474. The molecule has 1 aromatic carbocycles. The van der Waals surface area contributed by atoms with Gasteiger partial charge in [0.1, 0.15) is 0 Å². The molecule has 0 aliphatic rings. The first-order valence-corrected chi connectivity index (χ1v) is 8.58. The van der Waals surface area contributed by atoms with Crippen molar-refractivity contribution >= 4 is 11.3 Å². The van der Waals surface area contributed by atoms with Crippen LogP contribution in [-0.4, -0.2) is 6.04 Å². The summed E-state index contributed by atoms with van der Waals surface area (Å²) in [6.45, 7) is 11.4. The molecule has 0 aliphatic heterocycles. The Morgan fingerprint density at radius 1 is 1.05 bits per heavy atom. The molecule has 1 nitrogen and oxygen atoms in total. The van der Waals surface area contributed by atoms with Crippen molar-refractivity contribution in [1.82, 2.24) is 5.32 Å². The predicted octanol–water partition coefficient (Wildman–Crippen LogP) is 5.46. The zero-order valence-corrected chi connectivity index (χ0v) is 14.6. The molecule has 1 heterocycles. The summed E-state index contributed by atoms with van der Waals surface area (Å²) in [5.74, 6) is 0.